The van der Waals surface area contributed by atoms with Crippen LogP contribution in [0.2, 0.25) is 0 Å². The molecule has 0 aromatic heterocycles. The van der Waals surface area contributed by atoms with E-state index in [4.69, 9.17) is 23.1 Å². The first-order valence-electron chi connectivity index (χ1n) is 1.11. The third-order valence-corrected chi connectivity index (χ3v) is 0. The van der Waals surface area contributed by atoms with Gasteiger partial charge in [-0.2, -0.15) is 8.42 Å². The molecule has 0 saturated carbocycles. The van der Waals surface area contributed by atoms with E-state index in [-0.39, 0.29) is 17.7 Å². The normalized spacial score (nSPS) is 6.60. The second-order valence-electron chi connectivity index (χ2n) is 0.531. The zero-order valence-corrected chi connectivity index (χ0v) is 6.71. The summed E-state index contributed by atoms with van der Waals surface area (Å²) in [6.45, 7) is 0. The maximum absolute atomic E-state index is 8.74. The Morgan fingerprint density at radius 1 is 1.10 bits per heavy atom. The molecular weight excluding hydrogens is 243 g/mol. The summed E-state index contributed by atoms with van der Waals surface area (Å²) in [5.74, 6) is 0. The van der Waals surface area contributed by atoms with Gasteiger partial charge in [-0.25, -0.2) is 0 Å². The quantitative estimate of drug-likeness (QED) is 0.614. The molecule has 0 aliphatic rings. The Bertz CT molecular complexity index is 164. The average Bonchev–Trinajstić information content (AvgIpc) is 1.27. The van der Waals surface area contributed by atoms with Crippen LogP contribution in [-0.4, -0.2) is 17.5 Å². The van der Waals surface area contributed by atoms with E-state index in [1.807, 2.05) is 0 Å². The van der Waals surface area contributed by atoms with Crippen LogP contribution in [0.15, 0.2) is 0 Å². The van der Waals surface area contributed by atoms with Crippen LogP contribution in [0.5, 0.6) is 0 Å². The van der Waals surface area contributed by atoms with Gasteiger partial charge < -0.3 is 0 Å². The van der Waals surface area contributed by atoms with Crippen LogP contribution in [0.25, 0.3) is 0 Å². The van der Waals surface area contributed by atoms with Gasteiger partial charge in [-0.15, -0.1) is 0 Å². The predicted octanol–water partition coefficient (Wildman–Crippen LogP) is 0.604. The molecule has 64 valence electrons. The van der Waals surface area contributed by atoms with Crippen molar-refractivity contribution in [2.75, 3.05) is 0 Å². The van der Waals surface area contributed by atoms with E-state index in [1.54, 1.807) is 0 Å². The van der Waals surface area contributed by atoms with Gasteiger partial charge in [0.15, 0.2) is 0 Å². The number of rotatable bonds is 0. The molecule has 2 N–H and O–H groups in total. The molecular formula is C2H12O6SZr+2. The fraction of sp³-hybridized carbons (Fsp3) is 1.00. The summed E-state index contributed by atoms with van der Waals surface area (Å²) in [4.78, 5) is 0. The van der Waals surface area contributed by atoms with Gasteiger partial charge in [0, 0.05) is 0 Å². The van der Waals surface area contributed by atoms with Gasteiger partial charge in [-0.05, 0) is 0 Å². The standard InChI is InChI=1S/2CH4.H2O4S.2O.Zr/c;;1-5(2,3)4;;;/h2*1H4;(H2,1,2,3,4);;;/p+2. The van der Waals surface area contributed by atoms with Crippen LogP contribution < -0.4 is 0 Å². The molecule has 6 nitrogen and oxygen atoms in total. The topological polar surface area (TPSA) is 109 Å². The van der Waals surface area contributed by atoms with Crippen LogP contribution in [0.1, 0.15) is 17.7 Å². The minimum atomic E-state index is -4.67. The molecule has 0 saturated heterocycles. The van der Waals surface area contributed by atoms with Crippen molar-refractivity contribution < 1.29 is 49.2 Å². The van der Waals surface area contributed by atoms with Crippen LogP contribution in [0.4, 0.5) is 0 Å². The van der Waals surface area contributed by atoms with Crippen molar-refractivity contribution in [1.29, 1.82) is 0 Å². The first-order chi connectivity index (χ1) is 3.41. The van der Waals surface area contributed by atoms with E-state index in [0.29, 0.717) is 0 Å². The van der Waals surface area contributed by atoms with Crippen LogP contribution in [0, 0.1) is 0 Å². The van der Waals surface area contributed by atoms with Crippen molar-refractivity contribution >= 4 is 10.4 Å². The van der Waals surface area contributed by atoms with Crippen LogP contribution in [-0.2, 0) is 39.3 Å². The van der Waals surface area contributed by atoms with Gasteiger partial charge in [0.25, 0.3) is 0 Å². The van der Waals surface area contributed by atoms with E-state index < -0.39 is 33.6 Å². The number of hydrogen-bond acceptors (Lipinski definition) is 4. The zero-order valence-electron chi connectivity index (χ0n) is 5.44. The second kappa shape index (κ2) is 12.1. The van der Waals surface area contributed by atoms with Gasteiger partial charge in [-0.3, -0.25) is 9.11 Å². The van der Waals surface area contributed by atoms with E-state index in [2.05, 4.69) is 0 Å². The van der Waals surface area contributed by atoms with Gasteiger partial charge >= 0.3 is 42.1 Å². The molecule has 0 bridgehead atoms. The summed E-state index contributed by atoms with van der Waals surface area (Å²) >= 11 is -2.27. The Kier molecular flexibility index (Phi) is 27.1. The monoisotopic (exact) mass is 254 g/mol. The Labute approximate surface area is 74.6 Å². The Hall–Kier alpha value is 0.353. The van der Waals surface area contributed by atoms with Crippen molar-refractivity contribution in [3.63, 3.8) is 0 Å². The third-order valence-electron chi connectivity index (χ3n) is 0. The third kappa shape index (κ3) is 3620. The molecule has 10 heavy (non-hydrogen) atoms. The molecule has 0 heterocycles. The van der Waals surface area contributed by atoms with Crippen molar-refractivity contribution in [2.45, 2.75) is 14.9 Å². The van der Waals surface area contributed by atoms with E-state index in [1.165, 1.54) is 0 Å². The average molecular weight is 255 g/mol. The van der Waals surface area contributed by atoms with Crippen molar-refractivity contribution in [3.05, 3.63) is 0 Å². The molecule has 0 amide bonds. The molecule has 0 aromatic rings. The fourth-order valence-electron chi connectivity index (χ4n) is 0. The Morgan fingerprint density at radius 3 is 1.10 bits per heavy atom. The minimum absolute atomic E-state index is 0. The molecule has 0 aromatic carbocycles. The Balaban J connectivity index is -0.0000000119. The molecule has 0 aliphatic heterocycles. The van der Waals surface area contributed by atoms with Gasteiger partial charge in [0.2, 0.25) is 0 Å². The molecule has 0 rings (SSSR count). The van der Waals surface area contributed by atoms with E-state index >= 15 is 0 Å². The van der Waals surface area contributed by atoms with Crippen molar-refractivity contribution in [3.8, 4) is 0 Å². The maximum atomic E-state index is 8.74. The second-order valence-corrected chi connectivity index (χ2v) is 1.84. The Morgan fingerprint density at radius 2 is 1.10 bits per heavy atom. The van der Waals surface area contributed by atoms with Gasteiger partial charge in [0.05, 0.1) is 0 Å². The molecule has 0 spiro atoms. The first-order valence-corrected chi connectivity index (χ1v) is 4.51. The van der Waals surface area contributed by atoms with Crippen LogP contribution >= 0.6 is 0 Å². The summed E-state index contributed by atoms with van der Waals surface area (Å²) in [7, 11) is -4.67. The summed E-state index contributed by atoms with van der Waals surface area (Å²) in [5, 5.41) is 0. The van der Waals surface area contributed by atoms with Crippen LogP contribution in [0.3, 0.4) is 0 Å². The summed E-state index contributed by atoms with van der Waals surface area (Å²) in [5.41, 5.74) is 0. The predicted molar refractivity (Wildman–Crippen MR) is 31.2 cm³/mol. The van der Waals surface area contributed by atoms with Gasteiger partial charge in [0.1, 0.15) is 0 Å². The molecule has 0 atom stereocenters. The molecule has 0 radical (unpaired) electrons. The van der Waals surface area contributed by atoms with Crippen molar-refractivity contribution in [1.82, 2.24) is 0 Å². The summed E-state index contributed by atoms with van der Waals surface area (Å²) in [6.07, 6.45) is 0. The van der Waals surface area contributed by atoms with Gasteiger partial charge in [-0.1, -0.05) is 14.9 Å². The number of hydrogen-bond donors (Lipinski definition) is 2. The van der Waals surface area contributed by atoms with E-state index in [0.717, 1.165) is 0 Å². The van der Waals surface area contributed by atoms with Crippen molar-refractivity contribution in [2.24, 2.45) is 0 Å². The SMILES string of the molecule is C.C.O=S(=O)(O)O.[H+].[H+].[O]=[Zr]=[O]. The fourth-order valence-corrected chi connectivity index (χ4v) is 0. The summed E-state index contributed by atoms with van der Waals surface area (Å²) in [6, 6.07) is 0. The molecule has 8 heteroatoms. The first kappa shape index (κ1) is 22.4. The summed E-state index contributed by atoms with van der Waals surface area (Å²) < 4.78 is 48.7. The zero-order chi connectivity index (χ0) is 7.21. The van der Waals surface area contributed by atoms with E-state index in [9.17, 15) is 0 Å². The molecule has 0 aliphatic carbocycles. The molecule has 0 unspecified atom stereocenters. The molecule has 0 fully saturated rings.